The monoisotopic (exact) mass is 386 g/mol. The first-order valence-corrected chi connectivity index (χ1v) is 11.1. The highest BCUT2D eigenvalue weighted by Crippen LogP contribution is 2.54. The SMILES string of the molecule is Cn1cc(CN2C[C@@H]3[C@H](CNC(=O)C4(C)CCCCC4)[C@H]4CC[C@]3(C2)O4)cn1. The molecule has 4 fully saturated rings. The first-order valence-electron chi connectivity index (χ1n) is 11.1. The van der Waals surface area contributed by atoms with E-state index in [9.17, 15) is 4.79 Å². The highest BCUT2D eigenvalue weighted by molar-refractivity contribution is 5.82. The predicted octanol–water partition coefficient (Wildman–Crippen LogP) is 2.49. The molecule has 6 heteroatoms. The van der Waals surface area contributed by atoms with Gasteiger partial charge in [-0.15, -0.1) is 0 Å². The van der Waals surface area contributed by atoms with Gasteiger partial charge < -0.3 is 10.1 Å². The molecule has 3 aliphatic heterocycles. The summed E-state index contributed by atoms with van der Waals surface area (Å²) >= 11 is 0. The molecule has 1 N–H and O–H groups in total. The fourth-order valence-corrected chi connectivity index (χ4v) is 6.47. The molecule has 1 saturated carbocycles. The number of hydrogen-bond acceptors (Lipinski definition) is 4. The van der Waals surface area contributed by atoms with Gasteiger partial charge in [-0.3, -0.25) is 14.4 Å². The standard InChI is InChI=1S/C22H34N4O2/c1-21(7-4-3-5-8-21)20(27)23-11-17-18-14-26(13-16-10-24-25(2)12-16)15-22(18)9-6-19(17)28-22/h10,12,17-19H,3-9,11,13-15H2,1-2H3,(H,23,27)/t17-,18+,19+,22+/m0/s1. The maximum absolute atomic E-state index is 12.9. The second-order valence-corrected chi connectivity index (χ2v) is 10.1. The molecule has 4 aliphatic rings. The van der Waals surface area contributed by atoms with E-state index in [2.05, 4.69) is 28.4 Å². The fourth-order valence-electron chi connectivity index (χ4n) is 6.47. The normalized spacial score (nSPS) is 36.6. The van der Waals surface area contributed by atoms with Crippen molar-refractivity contribution in [3.63, 3.8) is 0 Å². The minimum atomic E-state index is -0.156. The van der Waals surface area contributed by atoms with Crippen molar-refractivity contribution in [1.29, 1.82) is 0 Å². The highest BCUT2D eigenvalue weighted by atomic mass is 16.5. The van der Waals surface area contributed by atoms with Gasteiger partial charge >= 0.3 is 0 Å². The number of carbonyl (C=O) groups excluding carboxylic acids is 1. The maximum Gasteiger partial charge on any atom is 0.225 e. The van der Waals surface area contributed by atoms with Gasteiger partial charge in [-0.1, -0.05) is 26.2 Å². The number of nitrogens with zero attached hydrogens (tertiary/aromatic N) is 3. The Hall–Kier alpha value is -1.40. The van der Waals surface area contributed by atoms with E-state index in [1.807, 2.05) is 17.9 Å². The maximum atomic E-state index is 12.9. The van der Waals surface area contributed by atoms with Crippen molar-refractivity contribution in [3.05, 3.63) is 18.0 Å². The molecule has 1 aromatic heterocycles. The van der Waals surface area contributed by atoms with Crippen LogP contribution in [0, 0.1) is 17.3 Å². The Morgan fingerprint density at radius 3 is 2.89 bits per heavy atom. The van der Waals surface area contributed by atoms with Gasteiger partial charge in [0, 0.05) is 62.2 Å². The topological polar surface area (TPSA) is 59.4 Å². The lowest BCUT2D eigenvalue weighted by Gasteiger charge is -2.34. The molecule has 5 rings (SSSR count). The van der Waals surface area contributed by atoms with Crippen molar-refractivity contribution in [2.75, 3.05) is 19.6 Å². The van der Waals surface area contributed by atoms with Crippen molar-refractivity contribution in [3.8, 4) is 0 Å². The molecule has 0 unspecified atom stereocenters. The Morgan fingerprint density at radius 2 is 2.14 bits per heavy atom. The lowest BCUT2D eigenvalue weighted by Crippen LogP contribution is -2.46. The second kappa shape index (κ2) is 6.84. The zero-order chi connectivity index (χ0) is 19.4. The number of aryl methyl sites for hydroxylation is 1. The van der Waals surface area contributed by atoms with E-state index in [1.54, 1.807) is 0 Å². The van der Waals surface area contributed by atoms with E-state index in [0.717, 1.165) is 45.4 Å². The van der Waals surface area contributed by atoms with Crippen LogP contribution in [0.5, 0.6) is 0 Å². The summed E-state index contributed by atoms with van der Waals surface area (Å²) in [7, 11) is 1.97. The minimum Gasteiger partial charge on any atom is -0.370 e. The molecule has 4 atom stereocenters. The molecule has 3 saturated heterocycles. The van der Waals surface area contributed by atoms with Gasteiger partial charge in [0.2, 0.25) is 5.91 Å². The van der Waals surface area contributed by atoms with Gasteiger partial charge in [0.25, 0.3) is 0 Å². The molecule has 4 heterocycles. The summed E-state index contributed by atoms with van der Waals surface area (Å²) in [5.74, 6) is 1.28. The molecule has 6 nitrogen and oxygen atoms in total. The van der Waals surface area contributed by atoms with Gasteiger partial charge in [0.15, 0.2) is 0 Å². The van der Waals surface area contributed by atoms with Crippen molar-refractivity contribution < 1.29 is 9.53 Å². The zero-order valence-electron chi connectivity index (χ0n) is 17.3. The molecular weight excluding hydrogens is 352 g/mol. The van der Waals surface area contributed by atoms with Crippen molar-refractivity contribution >= 4 is 5.91 Å². The molecule has 1 amide bonds. The van der Waals surface area contributed by atoms with Gasteiger partial charge in [-0.05, 0) is 25.7 Å². The number of ether oxygens (including phenoxy) is 1. The van der Waals surface area contributed by atoms with Crippen LogP contribution < -0.4 is 5.32 Å². The number of nitrogens with one attached hydrogen (secondary N) is 1. The van der Waals surface area contributed by atoms with Crippen LogP contribution in [-0.2, 0) is 23.1 Å². The summed E-state index contributed by atoms with van der Waals surface area (Å²) in [5, 5.41) is 7.65. The van der Waals surface area contributed by atoms with Gasteiger partial charge in [0.1, 0.15) is 0 Å². The summed E-state index contributed by atoms with van der Waals surface area (Å²) in [6.45, 7) is 5.98. The van der Waals surface area contributed by atoms with Crippen LogP contribution in [0.1, 0.15) is 57.4 Å². The first-order chi connectivity index (χ1) is 13.5. The molecule has 1 spiro atoms. The first kappa shape index (κ1) is 18.6. The van der Waals surface area contributed by atoms with Gasteiger partial charge in [-0.25, -0.2) is 0 Å². The smallest absolute Gasteiger partial charge is 0.225 e. The van der Waals surface area contributed by atoms with Gasteiger partial charge in [0.05, 0.1) is 17.9 Å². The highest BCUT2D eigenvalue weighted by Gasteiger charge is 2.62. The Balaban J connectivity index is 1.22. The zero-order valence-corrected chi connectivity index (χ0v) is 17.3. The van der Waals surface area contributed by atoms with Crippen LogP contribution in [0.25, 0.3) is 0 Å². The van der Waals surface area contributed by atoms with E-state index >= 15 is 0 Å². The van der Waals surface area contributed by atoms with Crippen molar-refractivity contribution in [2.45, 2.75) is 70.1 Å². The van der Waals surface area contributed by atoms with Crippen LogP contribution in [0.15, 0.2) is 12.4 Å². The van der Waals surface area contributed by atoms with Crippen LogP contribution >= 0.6 is 0 Å². The van der Waals surface area contributed by atoms with E-state index in [-0.39, 0.29) is 16.9 Å². The fraction of sp³-hybridized carbons (Fsp3) is 0.818. The molecule has 2 bridgehead atoms. The number of aromatic nitrogens is 2. The third kappa shape index (κ3) is 3.09. The average Bonchev–Trinajstić information content (AvgIpc) is 3.41. The largest absolute Gasteiger partial charge is 0.370 e. The second-order valence-electron chi connectivity index (χ2n) is 10.1. The lowest BCUT2D eigenvalue weighted by atomic mass is 9.73. The number of amides is 1. The predicted molar refractivity (Wildman–Crippen MR) is 107 cm³/mol. The summed E-state index contributed by atoms with van der Waals surface area (Å²) in [6, 6.07) is 0. The summed E-state index contributed by atoms with van der Waals surface area (Å²) in [4.78, 5) is 15.4. The van der Waals surface area contributed by atoms with Crippen molar-refractivity contribution in [1.82, 2.24) is 20.0 Å². The van der Waals surface area contributed by atoms with Crippen LogP contribution in [-0.4, -0.2) is 51.9 Å². The number of rotatable bonds is 5. The molecule has 0 radical (unpaired) electrons. The molecule has 28 heavy (non-hydrogen) atoms. The Labute approximate surface area is 168 Å². The van der Waals surface area contributed by atoms with Crippen LogP contribution in [0.3, 0.4) is 0 Å². The quantitative estimate of drug-likeness (QED) is 0.845. The third-order valence-corrected chi connectivity index (χ3v) is 8.02. The molecule has 1 aliphatic carbocycles. The molecule has 1 aromatic rings. The van der Waals surface area contributed by atoms with E-state index in [4.69, 9.17) is 4.74 Å². The molecule has 154 valence electrons. The van der Waals surface area contributed by atoms with Gasteiger partial charge in [-0.2, -0.15) is 5.10 Å². The third-order valence-electron chi connectivity index (χ3n) is 8.02. The van der Waals surface area contributed by atoms with Crippen LogP contribution in [0.2, 0.25) is 0 Å². The number of likely N-dealkylation sites (tertiary alicyclic amines) is 1. The summed E-state index contributed by atoms with van der Waals surface area (Å²) in [5.41, 5.74) is 1.14. The van der Waals surface area contributed by atoms with Crippen molar-refractivity contribution in [2.24, 2.45) is 24.3 Å². The summed E-state index contributed by atoms with van der Waals surface area (Å²) in [6.07, 6.45) is 12.5. The van der Waals surface area contributed by atoms with Crippen LogP contribution in [0.4, 0.5) is 0 Å². The number of carbonyl (C=O) groups is 1. The lowest BCUT2D eigenvalue weighted by molar-refractivity contribution is -0.132. The van der Waals surface area contributed by atoms with E-state index in [0.29, 0.717) is 17.9 Å². The molecule has 0 aromatic carbocycles. The number of hydrogen-bond donors (Lipinski definition) is 1. The Bertz CT molecular complexity index is 741. The minimum absolute atomic E-state index is 0.0248. The number of fused-ring (bicyclic) bond motifs is 1. The Morgan fingerprint density at radius 1 is 1.32 bits per heavy atom. The summed E-state index contributed by atoms with van der Waals surface area (Å²) < 4.78 is 8.43. The Kier molecular flexibility index (Phi) is 4.55. The average molecular weight is 387 g/mol. The van der Waals surface area contributed by atoms with E-state index < -0.39 is 0 Å². The van der Waals surface area contributed by atoms with E-state index in [1.165, 1.54) is 31.2 Å². The molecular formula is C22H34N4O2.